The van der Waals surface area contributed by atoms with Crippen molar-refractivity contribution in [3.05, 3.63) is 11.1 Å². The van der Waals surface area contributed by atoms with Gasteiger partial charge < -0.3 is 0 Å². The highest BCUT2D eigenvalue weighted by atomic mass is 35.5. The molecule has 0 N–H and O–H groups in total. The molecule has 1 spiro atoms. The number of hydrogen-bond donors (Lipinski definition) is 0. The molecule has 0 saturated heterocycles. The zero-order valence-electron chi connectivity index (χ0n) is 7.75. The second kappa shape index (κ2) is 2.48. The fraction of sp³-hybridized carbons (Fsp3) is 0.636. The average Bonchev–Trinajstić information content (AvgIpc) is 2.56. The predicted molar refractivity (Wildman–Crippen MR) is 51.8 cm³/mol. The van der Waals surface area contributed by atoms with Gasteiger partial charge in [-0.15, -0.1) is 0 Å². The Bertz CT molecular complexity index is 371. The van der Waals surface area contributed by atoms with E-state index in [-0.39, 0.29) is 22.9 Å². The Labute approximate surface area is 87.3 Å². The number of rotatable bonds is 0. The molecule has 2 saturated carbocycles. The van der Waals surface area contributed by atoms with Gasteiger partial charge in [0, 0.05) is 11.5 Å². The lowest BCUT2D eigenvalue weighted by Gasteiger charge is -2.32. The minimum atomic E-state index is -0.592. The van der Waals surface area contributed by atoms with Crippen molar-refractivity contribution in [1.82, 2.24) is 0 Å². The smallest absolute Gasteiger partial charge is 0.158 e. The van der Waals surface area contributed by atoms with Crippen molar-refractivity contribution >= 4 is 23.2 Å². The van der Waals surface area contributed by atoms with Crippen LogP contribution in [0.2, 0.25) is 0 Å². The molecular weight excluding hydrogens is 200 g/mol. The van der Waals surface area contributed by atoms with E-state index >= 15 is 0 Å². The van der Waals surface area contributed by atoms with Crippen LogP contribution >= 0.6 is 11.6 Å². The Kier molecular flexibility index (Phi) is 1.54. The Morgan fingerprint density at radius 3 is 3.00 bits per heavy atom. The molecule has 3 aliphatic carbocycles. The molecule has 0 radical (unpaired) electrons. The summed E-state index contributed by atoms with van der Waals surface area (Å²) in [5.41, 5.74) is -0.338. The van der Waals surface area contributed by atoms with E-state index in [1.54, 1.807) is 0 Å². The van der Waals surface area contributed by atoms with E-state index in [9.17, 15) is 9.59 Å². The molecule has 0 unspecified atom stereocenters. The predicted octanol–water partition coefficient (Wildman–Crippen LogP) is 2.07. The first kappa shape index (κ1) is 8.66. The minimum Gasteiger partial charge on any atom is -0.298 e. The zero-order chi connectivity index (χ0) is 9.92. The molecule has 2 nitrogen and oxygen atoms in total. The number of carbonyl (C=O) groups is 2. The van der Waals surface area contributed by atoms with Crippen LogP contribution in [0.5, 0.6) is 0 Å². The van der Waals surface area contributed by atoms with Gasteiger partial charge in [-0.25, -0.2) is 0 Å². The molecule has 0 amide bonds. The second-order valence-electron chi connectivity index (χ2n) is 4.63. The van der Waals surface area contributed by atoms with Crippen molar-refractivity contribution in [3.63, 3.8) is 0 Å². The summed E-state index contributed by atoms with van der Waals surface area (Å²) in [6, 6.07) is 0. The number of Topliss-reactive ketones (excluding diaryl/α,β-unsaturated/α-hetero) is 2. The molecule has 0 aromatic heterocycles. The maximum atomic E-state index is 12.1. The van der Waals surface area contributed by atoms with E-state index < -0.39 is 5.92 Å². The molecule has 2 bridgehead atoms. The molecule has 2 fully saturated rings. The van der Waals surface area contributed by atoms with Gasteiger partial charge in [0.05, 0.1) is 5.41 Å². The number of fused-ring (bicyclic) bond motifs is 1. The molecule has 3 aliphatic rings. The van der Waals surface area contributed by atoms with Gasteiger partial charge in [0.1, 0.15) is 11.7 Å². The van der Waals surface area contributed by atoms with Gasteiger partial charge in [-0.2, -0.15) is 0 Å². The summed E-state index contributed by atoms with van der Waals surface area (Å²) in [6.07, 6.45) is 5.39. The first-order chi connectivity index (χ1) is 6.65. The topological polar surface area (TPSA) is 34.1 Å². The SMILES string of the molecule is O=C1C[C@H]2CCC[C@]23C=C(Cl)[C@H]1C3=O. The molecule has 0 aliphatic heterocycles. The lowest BCUT2D eigenvalue weighted by atomic mass is 9.68. The maximum absolute atomic E-state index is 12.1. The van der Waals surface area contributed by atoms with Crippen molar-refractivity contribution in [2.45, 2.75) is 25.7 Å². The third-order valence-corrected chi connectivity index (χ3v) is 4.36. The zero-order valence-corrected chi connectivity index (χ0v) is 8.51. The molecule has 3 rings (SSSR count). The summed E-state index contributed by atoms with van der Waals surface area (Å²) in [5, 5.41) is 0.490. The van der Waals surface area contributed by atoms with Gasteiger partial charge in [0.2, 0.25) is 0 Å². The van der Waals surface area contributed by atoms with E-state index in [2.05, 4.69) is 0 Å². The molecule has 3 heteroatoms. The summed E-state index contributed by atoms with van der Waals surface area (Å²) in [4.78, 5) is 23.7. The van der Waals surface area contributed by atoms with Crippen LogP contribution in [0.4, 0.5) is 0 Å². The van der Waals surface area contributed by atoms with Crippen LogP contribution in [0, 0.1) is 17.3 Å². The van der Waals surface area contributed by atoms with Crippen LogP contribution in [0.25, 0.3) is 0 Å². The van der Waals surface area contributed by atoms with E-state index in [0.717, 1.165) is 19.3 Å². The van der Waals surface area contributed by atoms with Crippen molar-refractivity contribution in [2.75, 3.05) is 0 Å². The fourth-order valence-electron chi connectivity index (χ4n) is 3.36. The molecule has 74 valence electrons. The number of halogens is 1. The molecular formula is C11H11ClO2. The van der Waals surface area contributed by atoms with Crippen molar-refractivity contribution in [2.24, 2.45) is 17.3 Å². The summed E-state index contributed by atoms with van der Waals surface area (Å²) < 4.78 is 0. The van der Waals surface area contributed by atoms with E-state index in [1.807, 2.05) is 6.08 Å². The lowest BCUT2D eigenvalue weighted by molar-refractivity contribution is -0.140. The highest BCUT2D eigenvalue weighted by molar-refractivity contribution is 6.36. The Balaban J connectivity index is 2.17. The Morgan fingerprint density at radius 1 is 1.43 bits per heavy atom. The minimum absolute atomic E-state index is 0.0382. The summed E-state index contributed by atoms with van der Waals surface area (Å²) in [6.45, 7) is 0. The van der Waals surface area contributed by atoms with Crippen LogP contribution in [0.3, 0.4) is 0 Å². The number of carbonyl (C=O) groups excluding carboxylic acids is 2. The highest BCUT2D eigenvalue weighted by Crippen LogP contribution is 2.57. The number of allylic oxidation sites excluding steroid dienone is 2. The highest BCUT2D eigenvalue weighted by Gasteiger charge is 2.59. The van der Waals surface area contributed by atoms with Crippen molar-refractivity contribution in [1.29, 1.82) is 0 Å². The van der Waals surface area contributed by atoms with Crippen molar-refractivity contribution in [3.8, 4) is 0 Å². The number of ketones is 2. The van der Waals surface area contributed by atoms with Gasteiger partial charge in [0.15, 0.2) is 5.78 Å². The van der Waals surface area contributed by atoms with Gasteiger partial charge in [-0.05, 0) is 18.8 Å². The van der Waals surface area contributed by atoms with E-state index in [0.29, 0.717) is 11.5 Å². The first-order valence-corrected chi connectivity index (χ1v) is 5.48. The summed E-state index contributed by atoms with van der Waals surface area (Å²) >= 11 is 5.98. The van der Waals surface area contributed by atoms with Gasteiger partial charge in [-0.1, -0.05) is 24.1 Å². The Hall–Kier alpha value is -0.630. The van der Waals surface area contributed by atoms with Crippen LogP contribution in [-0.4, -0.2) is 11.6 Å². The van der Waals surface area contributed by atoms with Crippen LogP contribution in [0.15, 0.2) is 11.1 Å². The van der Waals surface area contributed by atoms with Crippen LogP contribution in [0.1, 0.15) is 25.7 Å². The van der Waals surface area contributed by atoms with E-state index in [1.165, 1.54) is 0 Å². The van der Waals surface area contributed by atoms with Crippen LogP contribution < -0.4 is 0 Å². The summed E-state index contributed by atoms with van der Waals surface area (Å²) in [7, 11) is 0. The molecule has 0 heterocycles. The van der Waals surface area contributed by atoms with Gasteiger partial charge in [-0.3, -0.25) is 9.59 Å². The fourth-order valence-corrected chi connectivity index (χ4v) is 3.77. The normalized spacial score (nSPS) is 45.4. The van der Waals surface area contributed by atoms with Crippen LogP contribution in [-0.2, 0) is 9.59 Å². The first-order valence-electron chi connectivity index (χ1n) is 5.10. The monoisotopic (exact) mass is 210 g/mol. The quantitative estimate of drug-likeness (QED) is 0.574. The van der Waals surface area contributed by atoms with Gasteiger partial charge in [0.25, 0.3) is 0 Å². The standard InChI is InChI=1S/C11H11ClO2/c12-7-5-11-3-1-2-6(11)4-8(13)9(7)10(11)14/h5-6,9H,1-4H2/t6-,9-,11+/m1/s1. The average molecular weight is 211 g/mol. The third-order valence-electron chi connectivity index (χ3n) is 4.03. The summed E-state index contributed by atoms with van der Waals surface area (Å²) in [5.74, 6) is -0.224. The molecule has 14 heavy (non-hydrogen) atoms. The number of hydrogen-bond acceptors (Lipinski definition) is 2. The molecule has 3 atom stereocenters. The molecule has 0 aromatic carbocycles. The van der Waals surface area contributed by atoms with Crippen molar-refractivity contribution < 1.29 is 9.59 Å². The second-order valence-corrected chi connectivity index (χ2v) is 5.06. The maximum Gasteiger partial charge on any atom is 0.158 e. The Morgan fingerprint density at radius 2 is 2.21 bits per heavy atom. The largest absolute Gasteiger partial charge is 0.298 e. The van der Waals surface area contributed by atoms with Gasteiger partial charge >= 0.3 is 0 Å². The lowest BCUT2D eigenvalue weighted by Crippen LogP contribution is -2.42. The third kappa shape index (κ3) is 0.789. The molecule has 0 aromatic rings. The van der Waals surface area contributed by atoms with E-state index in [4.69, 9.17) is 11.6 Å².